The van der Waals surface area contributed by atoms with Gasteiger partial charge in [0.1, 0.15) is 0 Å². The van der Waals surface area contributed by atoms with E-state index in [9.17, 15) is 19.2 Å². The Labute approximate surface area is 253 Å². The fourth-order valence-corrected chi connectivity index (χ4v) is 6.65. The summed E-state index contributed by atoms with van der Waals surface area (Å²) >= 11 is 0. The van der Waals surface area contributed by atoms with E-state index in [0.717, 1.165) is 22.3 Å². The van der Waals surface area contributed by atoms with Crippen LogP contribution in [0, 0.1) is 16.7 Å². The Kier molecular flexibility index (Phi) is 9.00. The van der Waals surface area contributed by atoms with Crippen molar-refractivity contribution < 1.29 is 47.4 Å². The van der Waals surface area contributed by atoms with Gasteiger partial charge in [0.2, 0.25) is 0 Å². The van der Waals surface area contributed by atoms with Crippen molar-refractivity contribution >= 4 is 37.1 Å². The minimum atomic E-state index is -1.64. The zero-order valence-corrected chi connectivity index (χ0v) is 26.2. The lowest BCUT2D eigenvalue weighted by Gasteiger charge is -2.32. The van der Waals surface area contributed by atoms with Crippen LogP contribution in [0.3, 0.4) is 0 Å². The normalized spacial score (nSPS) is 24.1. The van der Waals surface area contributed by atoms with Gasteiger partial charge in [-0.2, -0.15) is 0 Å². The summed E-state index contributed by atoms with van der Waals surface area (Å²) in [4.78, 5) is 53.2. The summed E-state index contributed by atoms with van der Waals surface area (Å²) in [5.74, 6) is -3.37. The summed E-state index contributed by atoms with van der Waals surface area (Å²) < 4.78 is 33.1. The fraction of sp³-hybridized carbons (Fsp3) is 0.562. The molecule has 0 bridgehead atoms. The highest BCUT2D eigenvalue weighted by molar-refractivity contribution is 6.46. The third-order valence-electron chi connectivity index (χ3n) is 9.56. The molecule has 232 valence electrons. The number of carbonyl (C=O) groups is 4. The molecule has 10 nitrogen and oxygen atoms in total. The maximum atomic E-state index is 13.3. The lowest BCUT2D eigenvalue weighted by Crippen LogP contribution is -2.41. The van der Waals surface area contributed by atoms with E-state index in [1.54, 1.807) is 0 Å². The molecule has 1 saturated heterocycles. The largest absolute Gasteiger partial charge is 0.468 e. The monoisotopic (exact) mass is 596 g/mol. The van der Waals surface area contributed by atoms with Crippen molar-refractivity contribution in [3.05, 3.63) is 52.6 Å². The van der Waals surface area contributed by atoms with Crippen molar-refractivity contribution in [1.82, 2.24) is 0 Å². The van der Waals surface area contributed by atoms with Gasteiger partial charge in [-0.1, -0.05) is 53.1 Å². The molecule has 43 heavy (non-hydrogen) atoms. The summed E-state index contributed by atoms with van der Waals surface area (Å²) in [6, 6.07) is 9.51. The lowest BCUT2D eigenvalue weighted by atomic mass is 9.76. The fourth-order valence-electron chi connectivity index (χ4n) is 6.65. The topological polar surface area (TPSA) is 124 Å². The molecule has 0 N–H and O–H groups in total. The van der Waals surface area contributed by atoms with Gasteiger partial charge in [0.05, 0.1) is 39.6 Å². The van der Waals surface area contributed by atoms with Crippen LogP contribution >= 0.6 is 0 Å². The average molecular weight is 596 g/mol. The molecule has 2 aliphatic carbocycles. The first-order chi connectivity index (χ1) is 20.2. The zero-order valence-electron chi connectivity index (χ0n) is 26.2. The maximum Gasteiger partial charge on any atom is 0.462 e. The predicted octanol–water partition coefficient (Wildman–Crippen LogP) is 4.33. The minimum Gasteiger partial charge on any atom is -0.468 e. The van der Waals surface area contributed by atoms with E-state index in [4.69, 9.17) is 28.3 Å². The molecule has 0 aromatic heterocycles. The first-order valence-corrected chi connectivity index (χ1v) is 14.4. The number of esters is 4. The number of benzene rings is 1. The molecule has 11 heteroatoms. The minimum absolute atomic E-state index is 0.0175. The van der Waals surface area contributed by atoms with Gasteiger partial charge in [0.25, 0.3) is 0 Å². The number of hydrogen-bond donors (Lipinski definition) is 0. The van der Waals surface area contributed by atoms with Crippen LogP contribution in [-0.4, -0.2) is 70.6 Å². The van der Waals surface area contributed by atoms with Crippen molar-refractivity contribution in [2.45, 2.75) is 70.9 Å². The molecule has 2 fully saturated rings. The van der Waals surface area contributed by atoms with Crippen LogP contribution in [0.15, 0.2) is 47.1 Å². The van der Waals surface area contributed by atoms with Crippen LogP contribution < -0.4 is 0 Å². The maximum absolute atomic E-state index is 13.3. The van der Waals surface area contributed by atoms with Crippen LogP contribution in [0.25, 0.3) is 6.08 Å². The Morgan fingerprint density at radius 1 is 0.767 bits per heavy atom. The third kappa shape index (κ3) is 5.65. The number of hydrogen-bond acceptors (Lipinski definition) is 10. The van der Waals surface area contributed by atoms with Crippen LogP contribution in [0.4, 0.5) is 0 Å². The highest BCUT2D eigenvalue weighted by atomic mass is 16.7. The summed E-state index contributed by atoms with van der Waals surface area (Å²) in [7, 11) is 4.27. The van der Waals surface area contributed by atoms with Crippen molar-refractivity contribution in [3.63, 3.8) is 0 Å². The Morgan fingerprint density at radius 2 is 1.26 bits per heavy atom. The quantitative estimate of drug-likeness (QED) is 0.141. The summed E-state index contributed by atoms with van der Waals surface area (Å²) in [5.41, 5.74) is -1.33. The van der Waals surface area contributed by atoms with Crippen molar-refractivity contribution in [1.29, 1.82) is 0 Å². The Morgan fingerprint density at radius 3 is 1.74 bits per heavy atom. The van der Waals surface area contributed by atoms with E-state index in [1.165, 1.54) is 28.4 Å². The van der Waals surface area contributed by atoms with E-state index in [2.05, 4.69) is 0 Å². The van der Waals surface area contributed by atoms with Gasteiger partial charge in [-0.25, -0.2) is 0 Å². The van der Waals surface area contributed by atoms with Crippen LogP contribution in [0.5, 0.6) is 0 Å². The first kappa shape index (κ1) is 32.5. The molecule has 0 unspecified atom stereocenters. The van der Waals surface area contributed by atoms with E-state index >= 15 is 0 Å². The van der Waals surface area contributed by atoms with Gasteiger partial charge in [-0.3, -0.25) is 19.2 Å². The molecule has 0 radical (unpaired) electrons. The molecule has 1 saturated carbocycles. The number of methoxy groups -OCH3 is 4. The highest BCUT2D eigenvalue weighted by Gasteiger charge is 2.61. The van der Waals surface area contributed by atoms with Crippen molar-refractivity contribution in [2.24, 2.45) is 16.7 Å². The van der Waals surface area contributed by atoms with Crippen molar-refractivity contribution in [2.75, 3.05) is 28.4 Å². The van der Waals surface area contributed by atoms with Gasteiger partial charge in [0, 0.05) is 12.2 Å². The molecule has 1 heterocycles. The first-order valence-electron chi connectivity index (χ1n) is 14.4. The number of rotatable bonds is 8. The molecule has 1 aliphatic heterocycles. The van der Waals surface area contributed by atoms with Crippen LogP contribution in [0.1, 0.15) is 58.9 Å². The van der Waals surface area contributed by atoms with Gasteiger partial charge in [0.15, 0.2) is 10.8 Å². The smallest absolute Gasteiger partial charge is 0.462 e. The molecule has 1 aromatic rings. The number of ether oxygens (including phenoxy) is 4. The molecular weight excluding hydrogens is 555 g/mol. The molecule has 1 atom stereocenters. The summed E-state index contributed by atoms with van der Waals surface area (Å²) in [5, 5.41) is 0. The van der Waals surface area contributed by atoms with Crippen LogP contribution in [0.2, 0.25) is 6.32 Å². The molecule has 3 aliphatic rings. The van der Waals surface area contributed by atoms with E-state index in [1.807, 2.05) is 64.1 Å². The molecule has 1 aromatic carbocycles. The molecule has 0 amide bonds. The van der Waals surface area contributed by atoms with Gasteiger partial charge < -0.3 is 28.3 Å². The number of allylic oxidation sites excluding steroid dienone is 3. The molecule has 4 rings (SSSR count). The second-order valence-corrected chi connectivity index (χ2v) is 12.6. The Bertz CT molecular complexity index is 1290. The third-order valence-corrected chi connectivity index (χ3v) is 9.56. The SMILES string of the molecule is COC(=O)C1(C(=O)OC)CC(CB2OC(C)(C)C(C)(C)O2)=C([C@H]2CC(C(=O)OC)(C(=O)OC)C/C2=C\c2ccccc2)C1. The van der Waals surface area contributed by atoms with E-state index in [0.29, 0.717) is 0 Å². The summed E-state index contributed by atoms with van der Waals surface area (Å²) in [6.45, 7) is 7.79. The van der Waals surface area contributed by atoms with Gasteiger partial charge >= 0.3 is 31.0 Å². The average Bonchev–Trinajstić information content (AvgIpc) is 3.61. The zero-order chi connectivity index (χ0) is 31.8. The Hall–Kier alpha value is -3.44. The Balaban J connectivity index is 1.89. The predicted molar refractivity (Wildman–Crippen MR) is 157 cm³/mol. The van der Waals surface area contributed by atoms with Crippen LogP contribution in [-0.2, 0) is 47.4 Å². The molecule has 0 spiro atoms. The standard InChI is InChI=1S/C32H41BO10/c1-29(2)30(3,4)43-33(42-29)19-22-16-32(27(36)40-7,28(37)41-8)18-24(22)23-17-31(25(34)38-5,26(35)39-6)15-21(23)14-20-12-10-9-11-13-20/h9-14,23H,15-19H2,1-8H3/b21-14+/t23-/m0/s1. The summed E-state index contributed by atoms with van der Waals surface area (Å²) in [6.07, 6.45) is 2.28. The van der Waals surface area contributed by atoms with Crippen molar-refractivity contribution in [3.8, 4) is 0 Å². The number of carbonyl (C=O) groups excluding carboxylic acids is 4. The van der Waals surface area contributed by atoms with E-state index < -0.39 is 58.9 Å². The molecular formula is C32H41BO10. The lowest BCUT2D eigenvalue weighted by molar-refractivity contribution is -0.170. The van der Waals surface area contributed by atoms with E-state index in [-0.39, 0.29) is 32.0 Å². The van der Waals surface area contributed by atoms with Gasteiger partial charge in [-0.05, 0) is 58.9 Å². The van der Waals surface area contributed by atoms with Gasteiger partial charge in [-0.15, -0.1) is 0 Å². The second-order valence-electron chi connectivity index (χ2n) is 12.6. The second kappa shape index (κ2) is 11.9. The highest BCUT2D eigenvalue weighted by Crippen LogP contribution is 2.57.